The summed E-state index contributed by atoms with van der Waals surface area (Å²) >= 11 is 0. The van der Waals surface area contributed by atoms with E-state index in [4.69, 9.17) is 9.47 Å². The van der Waals surface area contributed by atoms with Crippen LogP contribution in [0.3, 0.4) is 0 Å². The van der Waals surface area contributed by atoms with Crippen LogP contribution in [0.1, 0.15) is 12.5 Å². The highest BCUT2D eigenvalue weighted by atomic mass is 16.5. The van der Waals surface area contributed by atoms with E-state index in [-0.39, 0.29) is 0 Å². The Hall–Kier alpha value is -1.36. The van der Waals surface area contributed by atoms with Gasteiger partial charge in [-0.25, -0.2) is 9.97 Å². The van der Waals surface area contributed by atoms with Crippen LogP contribution in [0.15, 0.2) is 6.33 Å². The van der Waals surface area contributed by atoms with Crippen LogP contribution in [-0.4, -0.2) is 36.8 Å². The van der Waals surface area contributed by atoms with Crippen molar-refractivity contribution >= 4 is 0 Å². The minimum Gasteiger partial charge on any atom is -0.481 e. The topological polar surface area (TPSA) is 56.3 Å². The molecule has 1 heterocycles. The summed E-state index contributed by atoms with van der Waals surface area (Å²) in [5, 5.41) is 3.17. The summed E-state index contributed by atoms with van der Waals surface area (Å²) in [6.45, 7) is 6.27. The Morgan fingerprint density at radius 1 is 1.33 bits per heavy atom. The Morgan fingerprint density at radius 2 is 2.07 bits per heavy atom. The molecule has 0 atom stereocenters. The van der Waals surface area contributed by atoms with Crippen LogP contribution in [0.5, 0.6) is 11.8 Å². The van der Waals surface area contributed by atoms with E-state index in [0.717, 1.165) is 18.7 Å². The number of likely N-dealkylation sites (N-methyl/N-ethyl adjacent to an activating group) is 1. The zero-order valence-electron chi connectivity index (χ0n) is 9.41. The van der Waals surface area contributed by atoms with E-state index in [0.29, 0.717) is 18.4 Å². The molecule has 1 rings (SSSR count). The smallest absolute Gasteiger partial charge is 0.223 e. The van der Waals surface area contributed by atoms with Gasteiger partial charge in [-0.05, 0) is 13.5 Å². The van der Waals surface area contributed by atoms with Crippen LogP contribution in [0.25, 0.3) is 0 Å². The fourth-order valence-corrected chi connectivity index (χ4v) is 1.17. The van der Waals surface area contributed by atoms with E-state index in [1.54, 1.807) is 7.11 Å². The molecule has 0 bridgehead atoms. The van der Waals surface area contributed by atoms with Gasteiger partial charge in [0.05, 0.1) is 12.7 Å². The number of ether oxygens (including phenoxy) is 2. The number of hydrogen-bond donors (Lipinski definition) is 1. The van der Waals surface area contributed by atoms with Crippen molar-refractivity contribution in [1.29, 1.82) is 0 Å². The van der Waals surface area contributed by atoms with Crippen molar-refractivity contribution in [3.05, 3.63) is 11.9 Å². The molecule has 0 unspecified atom stereocenters. The Labute approximate surface area is 89.8 Å². The first-order valence-electron chi connectivity index (χ1n) is 4.98. The van der Waals surface area contributed by atoms with Gasteiger partial charge in [-0.1, -0.05) is 6.92 Å². The third-order valence-electron chi connectivity index (χ3n) is 1.95. The quantitative estimate of drug-likeness (QED) is 0.705. The fraction of sp³-hybridized carbons (Fsp3) is 0.600. The van der Waals surface area contributed by atoms with Crippen molar-refractivity contribution in [3.63, 3.8) is 0 Å². The Kier molecular flexibility index (Phi) is 4.83. The molecule has 0 aliphatic rings. The Morgan fingerprint density at radius 3 is 2.73 bits per heavy atom. The van der Waals surface area contributed by atoms with Crippen LogP contribution >= 0.6 is 0 Å². The first-order valence-corrected chi connectivity index (χ1v) is 4.98. The molecule has 0 saturated heterocycles. The van der Waals surface area contributed by atoms with Crippen molar-refractivity contribution in [2.24, 2.45) is 0 Å². The molecule has 0 spiro atoms. The van der Waals surface area contributed by atoms with Gasteiger partial charge in [0, 0.05) is 6.54 Å². The molecule has 0 aliphatic carbocycles. The molecule has 1 aromatic rings. The van der Waals surface area contributed by atoms with Gasteiger partial charge < -0.3 is 14.8 Å². The van der Waals surface area contributed by atoms with Gasteiger partial charge in [0.25, 0.3) is 0 Å². The zero-order chi connectivity index (χ0) is 11.1. The lowest BCUT2D eigenvalue weighted by Gasteiger charge is -2.09. The van der Waals surface area contributed by atoms with Gasteiger partial charge in [-0.3, -0.25) is 0 Å². The van der Waals surface area contributed by atoms with Gasteiger partial charge in [0.1, 0.15) is 12.9 Å². The Bertz CT molecular complexity index is 305. The van der Waals surface area contributed by atoms with Crippen molar-refractivity contribution in [2.75, 3.05) is 26.8 Å². The number of nitrogens with one attached hydrogen (secondary N) is 1. The van der Waals surface area contributed by atoms with Crippen molar-refractivity contribution in [2.45, 2.75) is 13.8 Å². The Balaban J connectivity index is 2.53. The lowest BCUT2D eigenvalue weighted by Crippen LogP contribution is -2.20. The van der Waals surface area contributed by atoms with E-state index in [1.807, 2.05) is 6.92 Å². The van der Waals surface area contributed by atoms with Crippen LogP contribution in [0.2, 0.25) is 0 Å². The molecule has 5 nitrogen and oxygen atoms in total. The first-order chi connectivity index (χ1) is 7.29. The third-order valence-corrected chi connectivity index (χ3v) is 1.95. The molecule has 84 valence electrons. The molecule has 0 amide bonds. The maximum atomic E-state index is 5.49. The molecular formula is C10H17N3O2. The molecule has 0 radical (unpaired) electrons. The number of hydrogen-bond acceptors (Lipinski definition) is 5. The van der Waals surface area contributed by atoms with E-state index in [2.05, 4.69) is 22.2 Å². The van der Waals surface area contributed by atoms with Crippen molar-refractivity contribution in [3.8, 4) is 11.8 Å². The normalized spacial score (nSPS) is 10.1. The predicted octanol–water partition coefficient (Wildman–Crippen LogP) is 0.782. The second kappa shape index (κ2) is 6.19. The standard InChI is InChI=1S/C10H17N3O2/c1-4-11-5-6-15-10-8(2)9(14-3)12-7-13-10/h7,11H,4-6H2,1-3H3. The maximum absolute atomic E-state index is 5.49. The third kappa shape index (κ3) is 3.36. The highest BCUT2D eigenvalue weighted by Gasteiger charge is 2.07. The van der Waals surface area contributed by atoms with Crippen LogP contribution in [0.4, 0.5) is 0 Å². The second-order valence-electron chi connectivity index (χ2n) is 3.02. The summed E-state index contributed by atoms with van der Waals surface area (Å²) in [6.07, 6.45) is 1.44. The average Bonchev–Trinajstić information content (AvgIpc) is 2.26. The number of aromatic nitrogens is 2. The number of rotatable bonds is 6. The highest BCUT2D eigenvalue weighted by Crippen LogP contribution is 2.21. The summed E-state index contributed by atoms with van der Waals surface area (Å²) in [5.41, 5.74) is 0.830. The van der Waals surface area contributed by atoms with Gasteiger partial charge >= 0.3 is 0 Å². The molecule has 15 heavy (non-hydrogen) atoms. The van der Waals surface area contributed by atoms with E-state index < -0.39 is 0 Å². The molecule has 0 fully saturated rings. The number of methoxy groups -OCH3 is 1. The van der Waals surface area contributed by atoms with Crippen molar-refractivity contribution in [1.82, 2.24) is 15.3 Å². The van der Waals surface area contributed by atoms with Crippen LogP contribution in [-0.2, 0) is 0 Å². The molecule has 0 saturated carbocycles. The highest BCUT2D eigenvalue weighted by molar-refractivity contribution is 5.32. The summed E-state index contributed by atoms with van der Waals surface area (Å²) < 4.78 is 10.6. The molecular weight excluding hydrogens is 194 g/mol. The lowest BCUT2D eigenvalue weighted by molar-refractivity contribution is 0.296. The first kappa shape index (κ1) is 11.7. The van der Waals surface area contributed by atoms with Gasteiger partial charge in [0.15, 0.2) is 0 Å². The zero-order valence-corrected chi connectivity index (χ0v) is 9.41. The molecule has 0 aliphatic heterocycles. The largest absolute Gasteiger partial charge is 0.481 e. The summed E-state index contributed by atoms with van der Waals surface area (Å²) in [5.74, 6) is 1.14. The van der Waals surface area contributed by atoms with E-state index in [9.17, 15) is 0 Å². The number of nitrogens with zero attached hydrogens (tertiary/aromatic N) is 2. The molecule has 1 aromatic heterocycles. The van der Waals surface area contributed by atoms with Gasteiger partial charge in [-0.15, -0.1) is 0 Å². The monoisotopic (exact) mass is 211 g/mol. The minimum absolute atomic E-state index is 0.559. The minimum atomic E-state index is 0.559. The summed E-state index contributed by atoms with van der Waals surface area (Å²) in [7, 11) is 1.58. The molecule has 0 aromatic carbocycles. The van der Waals surface area contributed by atoms with Crippen LogP contribution < -0.4 is 14.8 Å². The van der Waals surface area contributed by atoms with Gasteiger partial charge in [-0.2, -0.15) is 0 Å². The fourth-order valence-electron chi connectivity index (χ4n) is 1.17. The average molecular weight is 211 g/mol. The predicted molar refractivity (Wildman–Crippen MR) is 57.4 cm³/mol. The van der Waals surface area contributed by atoms with Crippen molar-refractivity contribution < 1.29 is 9.47 Å². The maximum Gasteiger partial charge on any atom is 0.223 e. The lowest BCUT2D eigenvalue weighted by atomic mass is 10.3. The van der Waals surface area contributed by atoms with Crippen LogP contribution in [0, 0.1) is 6.92 Å². The summed E-state index contributed by atoms with van der Waals surface area (Å²) in [6, 6.07) is 0. The second-order valence-corrected chi connectivity index (χ2v) is 3.02. The summed E-state index contributed by atoms with van der Waals surface area (Å²) in [4.78, 5) is 8.02. The molecule has 1 N–H and O–H groups in total. The van der Waals surface area contributed by atoms with E-state index >= 15 is 0 Å². The van der Waals surface area contributed by atoms with E-state index in [1.165, 1.54) is 6.33 Å². The SMILES string of the molecule is CCNCCOc1ncnc(OC)c1C. The molecule has 5 heteroatoms. The van der Waals surface area contributed by atoms with Gasteiger partial charge in [0.2, 0.25) is 11.8 Å².